The van der Waals surface area contributed by atoms with Gasteiger partial charge in [0.05, 0.1) is 10.5 Å². The maximum Gasteiger partial charge on any atom is 0.335 e. The van der Waals surface area contributed by atoms with E-state index >= 15 is 0 Å². The summed E-state index contributed by atoms with van der Waals surface area (Å²) in [6.07, 6.45) is 1.93. The van der Waals surface area contributed by atoms with Crippen LogP contribution in [0.3, 0.4) is 0 Å². The Bertz CT molecular complexity index is 494. The minimum Gasteiger partial charge on any atom is -0.478 e. The van der Waals surface area contributed by atoms with Gasteiger partial charge < -0.3 is 10.4 Å². The van der Waals surface area contributed by atoms with Crippen molar-refractivity contribution in [1.29, 1.82) is 0 Å². The van der Waals surface area contributed by atoms with E-state index in [1.54, 1.807) is 0 Å². The molecule has 0 aliphatic heterocycles. The molecule has 0 aromatic heterocycles. The first-order valence-corrected chi connectivity index (χ1v) is 5.21. The Hall–Kier alpha value is -2.11. The summed E-state index contributed by atoms with van der Waals surface area (Å²) in [6, 6.07) is 3.89. The molecule has 6 heteroatoms. The van der Waals surface area contributed by atoms with Gasteiger partial charge in [-0.25, -0.2) is 4.79 Å². The highest BCUT2D eigenvalue weighted by Crippen LogP contribution is 2.40. The number of nitro benzene ring substituents is 1. The van der Waals surface area contributed by atoms with E-state index in [1.807, 2.05) is 6.92 Å². The van der Waals surface area contributed by atoms with Gasteiger partial charge in [-0.3, -0.25) is 10.1 Å². The maximum absolute atomic E-state index is 10.9. The highest BCUT2D eigenvalue weighted by molar-refractivity contribution is 5.89. The number of nitro groups is 1. The summed E-state index contributed by atoms with van der Waals surface area (Å²) in [5, 5.41) is 22.7. The van der Waals surface area contributed by atoms with Gasteiger partial charge in [-0.05, 0) is 31.9 Å². The van der Waals surface area contributed by atoms with Gasteiger partial charge in [-0.1, -0.05) is 0 Å². The molecule has 0 heterocycles. The highest BCUT2D eigenvalue weighted by atomic mass is 16.6. The molecular weight excluding hydrogens is 224 g/mol. The molecule has 1 aromatic carbocycles. The second-order valence-electron chi connectivity index (χ2n) is 4.48. The molecule has 2 rings (SSSR count). The second-order valence-corrected chi connectivity index (χ2v) is 4.48. The third kappa shape index (κ3) is 2.35. The number of aromatic carboxylic acids is 1. The molecule has 0 atom stereocenters. The Balaban J connectivity index is 2.37. The molecule has 0 bridgehead atoms. The van der Waals surface area contributed by atoms with Gasteiger partial charge in [0.1, 0.15) is 5.69 Å². The third-order valence-electron chi connectivity index (χ3n) is 2.88. The number of carbonyl (C=O) groups is 1. The number of rotatable bonds is 4. The topological polar surface area (TPSA) is 92.5 Å². The fourth-order valence-electron chi connectivity index (χ4n) is 1.56. The number of nitrogens with one attached hydrogen (secondary N) is 1. The average molecular weight is 236 g/mol. The monoisotopic (exact) mass is 236 g/mol. The van der Waals surface area contributed by atoms with E-state index in [2.05, 4.69) is 5.32 Å². The highest BCUT2D eigenvalue weighted by Gasteiger charge is 2.38. The molecule has 0 saturated heterocycles. The minimum atomic E-state index is -1.17. The van der Waals surface area contributed by atoms with Crippen molar-refractivity contribution in [2.45, 2.75) is 25.3 Å². The lowest BCUT2D eigenvalue weighted by atomic mass is 10.1. The summed E-state index contributed by atoms with van der Waals surface area (Å²) >= 11 is 0. The van der Waals surface area contributed by atoms with Crippen molar-refractivity contribution in [3.8, 4) is 0 Å². The number of carboxylic acids is 1. The maximum atomic E-state index is 10.9. The third-order valence-corrected chi connectivity index (χ3v) is 2.88. The fraction of sp³-hybridized carbons (Fsp3) is 0.364. The number of benzene rings is 1. The van der Waals surface area contributed by atoms with Crippen LogP contribution in [0.4, 0.5) is 11.4 Å². The van der Waals surface area contributed by atoms with Crippen molar-refractivity contribution < 1.29 is 14.8 Å². The standard InChI is InChI=1S/C11H12N2O4/c1-11(4-5-11)12-8-3-2-7(10(14)15)6-9(8)13(16)17/h2-3,6,12H,4-5H2,1H3,(H,14,15). The quantitative estimate of drug-likeness (QED) is 0.617. The number of hydrogen-bond donors (Lipinski definition) is 2. The molecule has 17 heavy (non-hydrogen) atoms. The number of nitrogens with zero attached hydrogens (tertiary/aromatic N) is 1. The van der Waals surface area contributed by atoms with Crippen LogP contribution in [0.5, 0.6) is 0 Å². The summed E-state index contributed by atoms with van der Waals surface area (Å²) in [5.41, 5.74) is 0.0106. The van der Waals surface area contributed by atoms with Crippen LogP contribution < -0.4 is 5.32 Å². The second kappa shape index (κ2) is 3.73. The molecule has 90 valence electrons. The average Bonchev–Trinajstić information content (AvgIpc) is 2.96. The van der Waals surface area contributed by atoms with E-state index in [1.165, 1.54) is 12.1 Å². The van der Waals surface area contributed by atoms with Crippen LogP contribution in [0.1, 0.15) is 30.1 Å². The molecule has 1 fully saturated rings. The number of hydrogen-bond acceptors (Lipinski definition) is 4. The van der Waals surface area contributed by atoms with Gasteiger partial charge in [0.2, 0.25) is 0 Å². The predicted octanol–water partition coefficient (Wildman–Crippen LogP) is 2.26. The Kier molecular flexibility index (Phi) is 2.49. The summed E-state index contributed by atoms with van der Waals surface area (Å²) in [4.78, 5) is 21.0. The van der Waals surface area contributed by atoms with E-state index in [-0.39, 0.29) is 16.8 Å². The lowest BCUT2D eigenvalue weighted by Crippen LogP contribution is -2.17. The number of anilines is 1. The van der Waals surface area contributed by atoms with E-state index in [9.17, 15) is 14.9 Å². The van der Waals surface area contributed by atoms with Crippen LogP contribution in [0.15, 0.2) is 18.2 Å². The zero-order valence-electron chi connectivity index (χ0n) is 9.27. The van der Waals surface area contributed by atoms with Gasteiger partial charge in [-0.2, -0.15) is 0 Å². The zero-order chi connectivity index (χ0) is 12.6. The van der Waals surface area contributed by atoms with Gasteiger partial charge in [-0.15, -0.1) is 0 Å². The van der Waals surface area contributed by atoms with Crippen LogP contribution in [-0.2, 0) is 0 Å². The first-order chi connectivity index (χ1) is 7.91. The van der Waals surface area contributed by atoms with Crippen LogP contribution in [0.25, 0.3) is 0 Å². The fourth-order valence-corrected chi connectivity index (χ4v) is 1.56. The van der Waals surface area contributed by atoms with Crippen molar-refractivity contribution in [2.24, 2.45) is 0 Å². The molecule has 0 amide bonds. The Morgan fingerprint density at radius 1 is 1.53 bits per heavy atom. The molecule has 0 unspecified atom stereocenters. The summed E-state index contributed by atoms with van der Waals surface area (Å²) < 4.78 is 0. The SMILES string of the molecule is CC1(Nc2ccc(C(=O)O)cc2[N+](=O)[O-])CC1. The number of carboxylic acid groups (broad SMARTS) is 1. The lowest BCUT2D eigenvalue weighted by molar-refractivity contribution is -0.384. The zero-order valence-corrected chi connectivity index (χ0v) is 9.27. The first-order valence-electron chi connectivity index (χ1n) is 5.21. The molecule has 0 radical (unpaired) electrons. The van der Waals surface area contributed by atoms with Crippen LogP contribution in [0, 0.1) is 10.1 Å². The molecule has 6 nitrogen and oxygen atoms in total. The molecule has 1 aliphatic rings. The van der Waals surface area contributed by atoms with E-state index in [0.29, 0.717) is 5.69 Å². The van der Waals surface area contributed by atoms with Crippen molar-refractivity contribution in [2.75, 3.05) is 5.32 Å². The normalized spacial score (nSPS) is 16.3. The van der Waals surface area contributed by atoms with Gasteiger partial charge in [0, 0.05) is 11.6 Å². The summed E-state index contributed by atoms with van der Waals surface area (Å²) in [6.45, 7) is 1.97. The Morgan fingerprint density at radius 3 is 2.65 bits per heavy atom. The predicted molar refractivity (Wildman–Crippen MR) is 61.3 cm³/mol. The first kappa shape index (κ1) is 11.4. The molecule has 2 N–H and O–H groups in total. The molecular formula is C11H12N2O4. The lowest BCUT2D eigenvalue weighted by Gasteiger charge is -2.13. The summed E-state index contributed by atoms with van der Waals surface area (Å²) in [7, 11) is 0. The van der Waals surface area contributed by atoms with Gasteiger partial charge in [0.25, 0.3) is 5.69 Å². The Morgan fingerprint density at radius 2 is 2.18 bits per heavy atom. The van der Waals surface area contributed by atoms with Crippen molar-refractivity contribution >= 4 is 17.3 Å². The Labute approximate surface area is 97.4 Å². The van der Waals surface area contributed by atoms with E-state index in [0.717, 1.165) is 18.9 Å². The van der Waals surface area contributed by atoms with Gasteiger partial charge >= 0.3 is 5.97 Å². The molecule has 1 aromatic rings. The van der Waals surface area contributed by atoms with E-state index in [4.69, 9.17) is 5.11 Å². The van der Waals surface area contributed by atoms with E-state index < -0.39 is 10.9 Å². The smallest absolute Gasteiger partial charge is 0.335 e. The van der Waals surface area contributed by atoms with Crippen molar-refractivity contribution in [3.63, 3.8) is 0 Å². The summed E-state index contributed by atoms with van der Waals surface area (Å²) in [5.74, 6) is -1.17. The van der Waals surface area contributed by atoms with Crippen LogP contribution in [0.2, 0.25) is 0 Å². The largest absolute Gasteiger partial charge is 0.478 e. The minimum absolute atomic E-state index is 0.0804. The van der Waals surface area contributed by atoms with Crippen LogP contribution >= 0.6 is 0 Å². The van der Waals surface area contributed by atoms with Crippen molar-refractivity contribution in [3.05, 3.63) is 33.9 Å². The van der Waals surface area contributed by atoms with Crippen molar-refractivity contribution in [1.82, 2.24) is 0 Å². The van der Waals surface area contributed by atoms with Gasteiger partial charge in [0.15, 0.2) is 0 Å². The molecule has 1 saturated carbocycles. The van der Waals surface area contributed by atoms with Crippen LogP contribution in [-0.4, -0.2) is 21.5 Å². The molecule has 0 spiro atoms. The molecule has 1 aliphatic carbocycles.